The van der Waals surface area contributed by atoms with Crippen LogP contribution in [0.1, 0.15) is 26.7 Å². The van der Waals surface area contributed by atoms with Gasteiger partial charge in [0.15, 0.2) is 0 Å². The van der Waals surface area contributed by atoms with Gasteiger partial charge >= 0.3 is 0 Å². The van der Waals surface area contributed by atoms with E-state index < -0.39 is 0 Å². The van der Waals surface area contributed by atoms with Gasteiger partial charge in [-0.2, -0.15) is 0 Å². The number of methoxy groups -OCH3 is 1. The summed E-state index contributed by atoms with van der Waals surface area (Å²) in [5, 5.41) is 11.8. The van der Waals surface area contributed by atoms with Crippen molar-refractivity contribution in [3.8, 4) is 0 Å². The maximum atomic E-state index is 12.1. The molecule has 2 unspecified atom stereocenters. The van der Waals surface area contributed by atoms with Gasteiger partial charge in [0.1, 0.15) is 0 Å². The maximum Gasteiger partial charge on any atom is 0.225 e. The first kappa shape index (κ1) is 15.9. The van der Waals surface area contributed by atoms with E-state index >= 15 is 0 Å². The molecule has 1 fully saturated rings. The summed E-state index contributed by atoms with van der Waals surface area (Å²) in [5.41, 5.74) is 0. The van der Waals surface area contributed by atoms with Crippen LogP contribution in [0.3, 0.4) is 0 Å². The van der Waals surface area contributed by atoms with Gasteiger partial charge < -0.3 is 20.1 Å². The molecule has 1 rings (SSSR count). The molecule has 1 aliphatic rings. The molecule has 0 radical (unpaired) electrons. The topological polar surface area (TPSA) is 78.9 Å². The van der Waals surface area contributed by atoms with E-state index in [1.807, 2.05) is 13.8 Å². The summed E-state index contributed by atoms with van der Waals surface area (Å²) in [6, 6.07) is -0.0804. The minimum Gasteiger partial charge on any atom is -0.396 e. The number of aliphatic hydroxyl groups excluding tert-OH is 1. The molecule has 6 nitrogen and oxygen atoms in total. The minimum absolute atomic E-state index is 0.00395. The molecular formula is C13H24N2O4. The lowest BCUT2D eigenvalue weighted by Crippen LogP contribution is -2.43. The number of rotatable bonds is 7. The number of nitrogens with zero attached hydrogens (tertiary/aromatic N) is 1. The van der Waals surface area contributed by atoms with E-state index in [1.54, 1.807) is 12.0 Å². The van der Waals surface area contributed by atoms with Crippen LogP contribution >= 0.6 is 0 Å². The number of aliphatic hydroxyl groups is 1. The third-order valence-corrected chi connectivity index (χ3v) is 3.34. The number of carbonyl (C=O) groups is 2. The number of hydrogen-bond acceptors (Lipinski definition) is 4. The molecule has 1 aliphatic heterocycles. The molecule has 1 heterocycles. The van der Waals surface area contributed by atoms with Crippen LogP contribution < -0.4 is 5.32 Å². The van der Waals surface area contributed by atoms with Crippen LogP contribution in [0.15, 0.2) is 0 Å². The second-order valence-electron chi connectivity index (χ2n) is 5.21. The Bertz CT molecular complexity index is 314. The van der Waals surface area contributed by atoms with E-state index in [4.69, 9.17) is 9.84 Å². The van der Waals surface area contributed by atoms with E-state index in [1.165, 1.54) is 0 Å². The molecule has 2 N–H and O–H groups in total. The number of carbonyl (C=O) groups excluding carboxylic acids is 2. The number of ether oxygens (including phenoxy) is 1. The van der Waals surface area contributed by atoms with Gasteiger partial charge in [0.05, 0.1) is 18.6 Å². The van der Waals surface area contributed by atoms with Crippen molar-refractivity contribution in [1.82, 2.24) is 10.2 Å². The summed E-state index contributed by atoms with van der Waals surface area (Å²) < 4.78 is 5.00. The van der Waals surface area contributed by atoms with Crippen molar-refractivity contribution in [3.05, 3.63) is 0 Å². The van der Waals surface area contributed by atoms with Crippen molar-refractivity contribution < 1.29 is 19.4 Å². The molecular weight excluding hydrogens is 248 g/mol. The first-order chi connectivity index (χ1) is 8.99. The van der Waals surface area contributed by atoms with Gasteiger partial charge in [-0.15, -0.1) is 0 Å². The summed E-state index contributed by atoms with van der Waals surface area (Å²) >= 11 is 0. The molecule has 6 heteroatoms. The molecule has 2 atom stereocenters. The highest BCUT2D eigenvalue weighted by Gasteiger charge is 2.35. The highest BCUT2D eigenvalue weighted by atomic mass is 16.5. The Hall–Kier alpha value is -1.14. The van der Waals surface area contributed by atoms with Gasteiger partial charge in [-0.1, -0.05) is 0 Å². The fourth-order valence-electron chi connectivity index (χ4n) is 2.28. The normalized spacial score (nSPS) is 21.0. The van der Waals surface area contributed by atoms with Gasteiger partial charge in [-0.25, -0.2) is 0 Å². The molecule has 2 amide bonds. The van der Waals surface area contributed by atoms with Gasteiger partial charge in [-0.3, -0.25) is 9.59 Å². The van der Waals surface area contributed by atoms with Crippen LogP contribution in [0.2, 0.25) is 0 Å². The molecule has 0 saturated carbocycles. The van der Waals surface area contributed by atoms with Gasteiger partial charge in [-0.05, 0) is 20.3 Å². The van der Waals surface area contributed by atoms with E-state index in [2.05, 4.69) is 5.32 Å². The summed E-state index contributed by atoms with van der Waals surface area (Å²) in [5.74, 6) is -0.402. The van der Waals surface area contributed by atoms with Crippen LogP contribution in [0.25, 0.3) is 0 Å². The largest absolute Gasteiger partial charge is 0.396 e. The minimum atomic E-state index is -0.298. The van der Waals surface area contributed by atoms with Gasteiger partial charge in [0.2, 0.25) is 11.8 Å². The SMILES string of the molecule is COCC(CCO)NC(=O)C1CC(=O)N(C(C)C)C1. The van der Waals surface area contributed by atoms with E-state index in [0.717, 1.165) is 0 Å². The van der Waals surface area contributed by atoms with E-state index in [-0.39, 0.29) is 42.8 Å². The average Bonchev–Trinajstić information content (AvgIpc) is 2.72. The number of likely N-dealkylation sites (tertiary alicyclic amines) is 1. The van der Waals surface area contributed by atoms with Crippen LogP contribution in [-0.2, 0) is 14.3 Å². The smallest absolute Gasteiger partial charge is 0.225 e. The molecule has 1 saturated heterocycles. The Labute approximate surface area is 114 Å². The molecule has 0 aromatic heterocycles. The highest BCUT2D eigenvalue weighted by molar-refractivity contribution is 5.89. The Kier molecular flexibility index (Phi) is 6.24. The van der Waals surface area contributed by atoms with Crippen molar-refractivity contribution in [3.63, 3.8) is 0 Å². The second kappa shape index (κ2) is 7.45. The van der Waals surface area contributed by atoms with Gasteiger partial charge in [0.25, 0.3) is 0 Å². The fraction of sp³-hybridized carbons (Fsp3) is 0.846. The summed E-state index contributed by atoms with van der Waals surface area (Å²) in [6.07, 6.45) is 0.719. The molecule has 0 bridgehead atoms. The van der Waals surface area contributed by atoms with Crippen molar-refractivity contribution >= 4 is 11.8 Å². The Morgan fingerprint density at radius 1 is 1.58 bits per heavy atom. The standard InChI is InChI=1S/C13H24N2O4/c1-9(2)15-7-10(6-12(15)17)13(18)14-11(4-5-16)8-19-3/h9-11,16H,4-8H2,1-3H3,(H,14,18). The van der Waals surface area contributed by atoms with Crippen molar-refractivity contribution in [2.75, 3.05) is 26.9 Å². The predicted octanol–water partition coefficient (Wildman–Crippen LogP) is -0.243. The van der Waals surface area contributed by atoms with E-state index in [0.29, 0.717) is 19.6 Å². The molecule has 110 valence electrons. The van der Waals surface area contributed by atoms with Gasteiger partial charge in [0, 0.05) is 32.7 Å². The molecule has 0 spiro atoms. The first-order valence-electron chi connectivity index (χ1n) is 6.69. The number of amides is 2. The van der Waals surface area contributed by atoms with Crippen LogP contribution in [0.4, 0.5) is 0 Å². The Morgan fingerprint density at radius 3 is 2.74 bits per heavy atom. The summed E-state index contributed by atoms with van der Waals surface area (Å²) in [6.45, 7) is 4.72. The lowest BCUT2D eigenvalue weighted by molar-refractivity contribution is -0.130. The summed E-state index contributed by atoms with van der Waals surface area (Å²) in [4.78, 5) is 25.6. The van der Waals surface area contributed by atoms with Crippen molar-refractivity contribution in [2.24, 2.45) is 5.92 Å². The number of nitrogens with one attached hydrogen (secondary N) is 1. The Balaban J connectivity index is 2.52. The molecule has 19 heavy (non-hydrogen) atoms. The predicted molar refractivity (Wildman–Crippen MR) is 70.5 cm³/mol. The monoisotopic (exact) mass is 272 g/mol. The average molecular weight is 272 g/mol. The number of hydrogen-bond donors (Lipinski definition) is 2. The fourth-order valence-corrected chi connectivity index (χ4v) is 2.28. The zero-order chi connectivity index (χ0) is 14.4. The van der Waals surface area contributed by atoms with Crippen LogP contribution in [0, 0.1) is 5.92 Å². The van der Waals surface area contributed by atoms with Crippen molar-refractivity contribution in [1.29, 1.82) is 0 Å². The van der Waals surface area contributed by atoms with E-state index in [9.17, 15) is 9.59 Å². The quantitative estimate of drug-likeness (QED) is 0.670. The highest BCUT2D eigenvalue weighted by Crippen LogP contribution is 2.20. The summed E-state index contributed by atoms with van der Waals surface area (Å²) in [7, 11) is 1.55. The third kappa shape index (κ3) is 4.47. The van der Waals surface area contributed by atoms with Crippen molar-refractivity contribution in [2.45, 2.75) is 38.8 Å². The van der Waals surface area contributed by atoms with Crippen LogP contribution in [-0.4, -0.2) is 60.8 Å². The Morgan fingerprint density at radius 2 is 2.26 bits per heavy atom. The lowest BCUT2D eigenvalue weighted by atomic mass is 10.1. The molecule has 0 aliphatic carbocycles. The first-order valence-corrected chi connectivity index (χ1v) is 6.69. The zero-order valence-electron chi connectivity index (χ0n) is 11.9. The maximum absolute atomic E-state index is 12.1. The second-order valence-corrected chi connectivity index (χ2v) is 5.21. The zero-order valence-corrected chi connectivity index (χ0v) is 11.9. The molecule has 0 aromatic carbocycles. The molecule has 0 aromatic rings. The van der Waals surface area contributed by atoms with Crippen LogP contribution in [0.5, 0.6) is 0 Å². The lowest BCUT2D eigenvalue weighted by Gasteiger charge is -2.22. The third-order valence-electron chi connectivity index (χ3n) is 3.34.